The van der Waals surface area contributed by atoms with E-state index in [1.807, 2.05) is 0 Å². The lowest BCUT2D eigenvalue weighted by Crippen LogP contribution is -2.39. The Hall–Kier alpha value is -2.26. The molecule has 1 aliphatic heterocycles. The Bertz CT molecular complexity index is 1220. The summed E-state index contributed by atoms with van der Waals surface area (Å²) in [5, 5.41) is 18.8. The van der Waals surface area contributed by atoms with E-state index in [-0.39, 0.29) is 17.5 Å². The van der Waals surface area contributed by atoms with E-state index >= 15 is 8.78 Å². The van der Waals surface area contributed by atoms with E-state index in [4.69, 9.17) is 27.9 Å². The number of aryl methyl sites for hydroxylation is 2. The van der Waals surface area contributed by atoms with Crippen molar-refractivity contribution >= 4 is 23.2 Å². The van der Waals surface area contributed by atoms with Crippen molar-refractivity contribution in [2.75, 3.05) is 13.1 Å². The highest BCUT2D eigenvalue weighted by Gasteiger charge is 2.42. The van der Waals surface area contributed by atoms with Crippen LogP contribution in [-0.2, 0) is 6.42 Å². The van der Waals surface area contributed by atoms with Crippen LogP contribution in [0.15, 0.2) is 24.3 Å². The van der Waals surface area contributed by atoms with Gasteiger partial charge < -0.3 is 9.84 Å². The predicted molar refractivity (Wildman–Crippen MR) is 120 cm³/mol. The zero-order valence-corrected chi connectivity index (χ0v) is 19.5. The summed E-state index contributed by atoms with van der Waals surface area (Å²) in [5.74, 6) is -1.46. The molecule has 1 saturated heterocycles. The van der Waals surface area contributed by atoms with Gasteiger partial charge >= 0.3 is 0 Å². The summed E-state index contributed by atoms with van der Waals surface area (Å²) in [5.41, 5.74) is 1.62. The largest absolute Gasteiger partial charge is 0.481 e. The van der Waals surface area contributed by atoms with Crippen molar-refractivity contribution in [1.82, 2.24) is 19.7 Å². The molecule has 1 fully saturated rings. The minimum absolute atomic E-state index is 0.0111. The minimum atomic E-state index is -1.10. The maximum Gasteiger partial charge on any atom is 0.202 e. The molecule has 1 aromatic heterocycles. The molecule has 0 bridgehead atoms. The van der Waals surface area contributed by atoms with Gasteiger partial charge in [0, 0.05) is 28.7 Å². The molecule has 0 unspecified atom stereocenters. The first-order valence-electron chi connectivity index (χ1n) is 10.7. The first kappa shape index (κ1) is 22.5. The number of hydrogen-bond donors (Lipinski definition) is 1. The van der Waals surface area contributed by atoms with Gasteiger partial charge in [-0.25, -0.2) is 4.39 Å². The number of halogens is 4. The van der Waals surface area contributed by atoms with E-state index in [1.54, 1.807) is 26.0 Å². The number of rotatable bonds is 4. The maximum atomic E-state index is 15.2. The highest BCUT2D eigenvalue weighted by molar-refractivity contribution is 6.35. The smallest absolute Gasteiger partial charge is 0.202 e. The number of ether oxygens (including phenoxy) is 1. The van der Waals surface area contributed by atoms with Gasteiger partial charge in [-0.2, -0.15) is 4.39 Å². The molecule has 1 aliphatic carbocycles. The summed E-state index contributed by atoms with van der Waals surface area (Å²) in [4.78, 5) is 2.10. The highest BCUT2D eigenvalue weighted by atomic mass is 35.5. The average molecular weight is 495 g/mol. The van der Waals surface area contributed by atoms with E-state index in [1.165, 1.54) is 16.7 Å². The van der Waals surface area contributed by atoms with Gasteiger partial charge in [0.2, 0.25) is 5.82 Å². The number of likely N-dealkylation sites (tertiary alicyclic amines) is 1. The Kier molecular flexibility index (Phi) is 5.81. The van der Waals surface area contributed by atoms with Crippen molar-refractivity contribution in [3.8, 4) is 11.4 Å². The molecule has 0 radical (unpaired) electrons. The number of aromatic nitrogens is 3. The fourth-order valence-electron chi connectivity index (χ4n) is 4.89. The zero-order valence-electron chi connectivity index (χ0n) is 18.0. The molecule has 10 heteroatoms. The van der Waals surface area contributed by atoms with Crippen LogP contribution in [0.2, 0.25) is 10.0 Å². The van der Waals surface area contributed by atoms with Crippen LogP contribution in [0.3, 0.4) is 0 Å². The number of fused-ring (bicyclic) bond motifs is 1. The monoisotopic (exact) mass is 494 g/mol. The predicted octanol–water partition coefficient (Wildman–Crippen LogP) is 4.58. The lowest BCUT2D eigenvalue weighted by atomic mass is 10.1. The molecule has 2 heterocycles. The van der Waals surface area contributed by atoms with E-state index in [9.17, 15) is 5.11 Å². The second kappa shape index (κ2) is 8.51. The fourth-order valence-corrected chi connectivity index (χ4v) is 5.47. The standard InChI is InChI=1S/C23H22Cl2F2N4O2/c1-11-28-29-12(2)31(11)18-3-4-20(22(27)21(18)26)33-23-16-7-13(24)8-17(25)15(16)9-19(23)30-6-5-14(32)10-30/h3-4,7-8,14,19,23,32H,5-6,9-10H2,1-2H3/t14-,19+,23+/m1/s1. The topological polar surface area (TPSA) is 63.4 Å². The van der Waals surface area contributed by atoms with Crippen LogP contribution in [-0.4, -0.2) is 50.0 Å². The molecule has 1 N–H and O–H groups in total. The molecule has 0 spiro atoms. The van der Waals surface area contributed by atoms with Gasteiger partial charge in [-0.15, -0.1) is 10.2 Å². The number of aliphatic hydroxyl groups is 1. The highest BCUT2D eigenvalue weighted by Crippen LogP contribution is 2.44. The summed E-state index contributed by atoms with van der Waals surface area (Å²) in [6.07, 6.45) is 0.143. The first-order chi connectivity index (χ1) is 15.7. The van der Waals surface area contributed by atoms with Crippen molar-refractivity contribution in [2.24, 2.45) is 0 Å². The summed E-state index contributed by atoms with van der Waals surface area (Å²) in [7, 11) is 0. The van der Waals surface area contributed by atoms with E-state index in [0.29, 0.717) is 47.6 Å². The van der Waals surface area contributed by atoms with Crippen molar-refractivity contribution in [2.45, 2.75) is 44.9 Å². The molecule has 2 aliphatic rings. The van der Waals surface area contributed by atoms with Gasteiger partial charge in [0.25, 0.3) is 0 Å². The lowest BCUT2D eigenvalue weighted by Gasteiger charge is -2.30. The Morgan fingerprint density at radius 2 is 1.82 bits per heavy atom. The molecular weight excluding hydrogens is 473 g/mol. The van der Waals surface area contributed by atoms with Crippen molar-refractivity contribution in [3.63, 3.8) is 0 Å². The zero-order chi connectivity index (χ0) is 23.4. The summed E-state index contributed by atoms with van der Waals surface area (Å²) in [6.45, 7) is 4.48. The fraction of sp³-hybridized carbons (Fsp3) is 0.391. The van der Waals surface area contributed by atoms with Gasteiger partial charge in [-0.1, -0.05) is 23.2 Å². The molecule has 174 valence electrons. The van der Waals surface area contributed by atoms with Crippen LogP contribution in [0, 0.1) is 25.5 Å². The minimum Gasteiger partial charge on any atom is -0.481 e. The molecule has 2 aromatic carbocycles. The summed E-state index contributed by atoms with van der Waals surface area (Å²) >= 11 is 12.7. The third-order valence-electron chi connectivity index (χ3n) is 6.44. The van der Waals surface area contributed by atoms with Crippen molar-refractivity contribution < 1.29 is 18.6 Å². The van der Waals surface area contributed by atoms with Crippen LogP contribution in [0.5, 0.6) is 5.75 Å². The average Bonchev–Trinajstić information content (AvgIpc) is 3.44. The Morgan fingerprint density at radius 1 is 1.09 bits per heavy atom. The SMILES string of the molecule is Cc1nnc(C)n1-c1ccc(O[C@H]2c3cc(Cl)cc(Cl)c3C[C@@H]2N2CC[C@@H](O)C2)c(F)c1F. The van der Waals surface area contributed by atoms with Crippen molar-refractivity contribution in [1.29, 1.82) is 0 Å². The number of β-amino-alcohol motifs (C(OH)–C–C–N with tert-alkyl or cyclic N) is 1. The number of aliphatic hydroxyl groups excluding tert-OH is 1. The van der Waals surface area contributed by atoms with Gasteiger partial charge in [-0.05, 0) is 56.5 Å². The van der Waals surface area contributed by atoms with Crippen LogP contribution < -0.4 is 4.74 Å². The second-order valence-corrected chi connectivity index (χ2v) is 9.39. The van der Waals surface area contributed by atoms with Crippen LogP contribution in [0.25, 0.3) is 5.69 Å². The molecule has 0 amide bonds. The molecule has 5 rings (SSSR count). The summed E-state index contributed by atoms with van der Waals surface area (Å²) in [6, 6.07) is 6.09. The Labute approximate surface area is 199 Å². The second-order valence-electron chi connectivity index (χ2n) is 8.54. The quantitative estimate of drug-likeness (QED) is 0.574. The Balaban J connectivity index is 1.53. The number of benzene rings is 2. The first-order valence-corrected chi connectivity index (χ1v) is 11.4. The van der Waals surface area contributed by atoms with Crippen molar-refractivity contribution in [3.05, 3.63) is 68.7 Å². The van der Waals surface area contributed by atoms with Crippen LogP contribution in [0.1, 0.15) is 35.3 Å². The van der Waals surface area contributed by atoms with E-state index in [0.717, 1.165) is 11.1 Å². The van der Waals surface area contributed by atoms with Gasteiger partial charge in [-0.3, -0.25) is 9.47 Å². The van der Waals surface area contributed by atoms with Gasteiger partial charge in [0.1, 0.15) is 17.8 Å². The molecule has 3 atom stereocenters. The molecule has 6 nitrogen and oxygen atoms in total. The third-order valence-corrected chi connectivity index (χ3v) is 6.99. The van der Waals surface area contributed by atoms with Crippen LogP contribution >= 0.6 is 23.2 Å². The summed E-state index contributed by atoms with van der Waals surface area (Å²) < 4.78 is 37.9. The molecule has 3 aromatic rings. The van der Waals surface area contributed by atoms with Crippen LogP contribution in [0.4, 0.5) is 8.78 Å². The van der Waals surface area contributed by atoms with Gasteiger partial charge in [0.05, 0.1) is 17.8 Å². The number of hydrogen-bond acceptors (Lipinski definition) is 5. The third kappa shape index (κ3) is 3.89. The molecule has 0 saturated carbocycles. The number of nitrogens with zero attached hydrogens (tertiary/aromatic N) is 4. The maximum absolute atomic E-state index is 15.2. The molecule has 33 heavy (non-hydrogen) atoms. The van der Waals surface area contributed by atoms with E-state index < -0.39 is 23.8 Å². The Morgan fingerprint density at radius 3 is 2.48 bits per heavy atom. The normalized spacial score (nSPS) is 22.7. The molecular formula is C23H22Cl2F2N4O2. The lowest BCUT2D eigenvalue weighted by molar-refractivity contribution is 0.0785. The van der Waals surface area contributed by atoms with E-state index in [2.05, 4.69) is 15.1 Å². The van der Waals surface area contributed by atoms with Gasteiger partial charge in [0.15, 0.2) is 11.6 Å².